The molecule has 1 heterocycles. The Balaban J connectivity index is 1.98. The number of benzene rings is 2. The maximum Gasteiger partial charge on any atom is 0.329 e. The number of hydrogen-bond acceptors (Lipinski definition) is 3. The number of halogens is 1. The number of hydrogen-bond donors (Lipinski definition) is 2. The van der Waals surface area contributed by atoms with Gasteiger partial charge in [0.2, 0.25) is 0 Å². The molecule has 102 valence electrons. The number of carboxylic acid groups (broad SMARTS) is 1. The van der Waals surface area contributed by atoms with Gasteiger partial charge < -0.3 is 5.11 Å². The number of hydroxylamine groups is 1. The van der Waals surface area contributed by atoms with E-state index in [4.69, 9.17) is 5.11 Å². The van der Waals surface area contributed by atoms with Gasteiger partial charge in [-0.05, 0) is 41.0 Å². The largest absolute Gasteiger partial charge is 0.480 e. The summed E-state index contributed by atoms with van der Waals surface area (Å²) in [5.41, 5.74) is 2.98. The van der Waals surface area contributed by atoms with Gasteiger partial charge in [-0.2, -0.15) is 0 Å². The van der Waals surface area contributed by atoms with Crippen molar-refractivity contribution in [2.75, 3.05) is 5.06 Å². The molecule has 0 fully saturated rings. The average molecular weight is 273 g/mol. The quantitative estimate of drug-likeness (QED) is 0.883. The molecule has 0 radical (unpaired) electrons. The van der Waals surface area contributed by atoms with Crippen LogP contribution < -0.4 is 5.06 Å². The Morgan fingerprint density at radius 3 is 2.45 bits per heavy atom. The Bertz CT molecular complexity index is 669. The lowest BCUT2D eigenvalue weighted by atomic mass is 10.0. The van der Waals surface area contributed by atoms with Crippen molar-refractivity contribution in [3.8, 4) is 11.1 Å². The van der Waals surface area contributed by atoms with Crippen molar-refractivity contribution in [1.29, 1.82) is 0 Å². The summed E-state index contributed by atoms with van der Waals surface area (Å²) in [6.07, 6.45) is 0.246. The van der Waals surface area contributed by atoms with Crippen LogP contribution in [0.15, 0.2) is 42.5 Å². The molecule has 20 heavy (non-hydrogen) atoms. The van der Waals surface area contributed by atoms with Gasteiger partial charge >= 0.3 is 5.97 Å². The van der Waals surface area contributed by atoms with Crippen LogP contribution in [0.1, 0.15) is 5.56 Å². The van der Waals surface area contributed by atoms with Crippen molar-refractivity contribution in [3.05, 3.63) is 53.8 Å². The summed E-state index contributed by atoms with van der Waals surface area (Å²) in [6, 6.07) is 10.4. The Morgan fingerprint density at radius 1 is 1.15 bits per heavy atom. The van der Waals surface area contributed by atoms with Gasteiger partial charge in [0.15, 0.2) is 6.04 Å². The molecule has 1 atom stereocenters. The summed E-state index contributed by atoms with van der Waals surface area (Å²) < 4.78 is 12.9. The van der Waals surface area contributed by atoms with Crippen LogP contribution in [0.2, 0.25) is 0 Å². The molecule has 1 aliphatic rings. The normalized spacial score (nSPS) is 17.1. The molecule has 2 aromatic carbocycles. The molecule has 2 N–H and O–H groups in total. The smallest absolute Gasteiger partial charge is 0.329 e. The average Bonchev–Trinajstić information content (AvgIpc) is 2.77. The molecular formula is C15H12FNO3. The van der Waals surface area contributed by atoms with Crippen LogP contribution in [0.5, 0.6) is 0 Å². The molecular weight excluding hydrogens is 261 g/mol. The van der Waals surface area contributed by atoms with Gasteiger partial charge in [-0.25, -0.2) is 14.2 Å². The molecule has 0 saturated heterocycles. The van der Waals surface area contributed by atoms with E-state index in [1.165, 1.54) is 12.1 Å². The Morgan fingerprint density at radius 2 is 1.80 bits per heavy atom. The van der Waals surface area contributed by atoms with Crippen LogP contribution in [0.3, 0.4) is 0 Å². The highest BCUT2D eigenvalue weighted by Gasteiger charge is 2.33. The van der Waals surface area contributed by atoms with Gasteiger partial charge in [0.05, 0.1) is 5.69 Å². The maximum absolute atomic E-state index is 12.9. The lowest BCUT2D eigenvalue weighted by Crippen LogP contribution is -2.35. The molecule has 0 amide bonds. The summed E-state index contributed by atoms with van der Waals surface area (Å²) in [5, 5.41) is 19.6. The van der Waals surface area contributed by atoms with E-state index in [9.17, 15) is 14.4 Å². The molecule has 5 heteroatoms. The van der Waals surface area contributed by atoms with Crippen molar-refractivity contribution in [3.63, 3.8) is 0 Å². The second-order valence-electron chi connectivity index (χ2n) is 4.75. The number of carbonyl (C=O) groups is 1. The summed E-state index contributed by atoms with van der Waals surface area (Å²) in [6.45, 7) is 0. The van der Waals surface area contributed by atoms with Crippen molar-refractivity contribution >= 4 is 11.7 Å². The molecule has 3 rings (SSSR count). The lowest BCUT2D eigenvalue weighted by Gasteiger charge is -2.15. The lowest BCUT2D eigenvalue weighted by molar-refractivity contribution is -0.139. The number of carboxylic acids is 1. The van der Waals surface area contributed by atoms with E-state index >= 15 is 0 Å². The molecule has 0 spiro atoms. The van der Waals surface area contributed by atoms with Gasteiger partial charge in [0.1, 0.15) is 5.82 Å². The Kier molecular flexibility index (Phi) is 2.91. The highest BCUT2D eigenvalue weighted by atomic mass is 19.1. The first-order chi connectivity index (χ1) is 9.56. The molecule has 1 unspecified atom stereocenters. The van der Waals surface area contributed by atoms with Gasteiger partial charge in [-0.15, -0.1) is 0 Å². The zero-order valence-corrected chi connectivity index (χ0v) is 10.5. The first-order valence-corrected chi connectivity index (χ1v) is 6.16. The monoisotopic (exact) mass is 273 g/mol. The third-order valence-corrected chi connectivity index (χ3v) is 3.50. The van der Waals surface area contributed by atoms with Crippen LogP contribution in [-0.4, -0.2) is 22.3 Å². The Hall–Kier alpha value is -2.40. The molecule has 0 bridgehead atoms. The third-order valence-electron chi connectivity index (χ3n) is 3.50. The van der Waals surface area contributed by atoms with Crippen LogP contribution >= 0.6 is 0 Å². The SMILES string of the molecule is O=C(O)C1Cc2cc(-c3ccc(F)cc3)ccc2N1O. The van der Waals surface area contributed by atoms with E-state index in [-0.39, 0.29) is 12.2 Å². The first-order valence-electron chi connectivity index (χ1n) is 6.16. The third kappa shape index (κ3) is 2.02. The van der Waals surface area contributed by atoms with E-state index in [0.717, 1.165) is 21.8 Å². The Labute approximate surface area is 114 Å². The minimum atomic E-state index is -1.06. The predicted octanol–water partition coefficient (Wildman–Crippen LogP) is 2.70. The maximum atomic E-state index is 12.9. The highest BCUT2D eigenvalue weighted by molar-refractivity contribution is 5.82. The number of aliphatic carboxylic acids is 1. The highest BCUT2D eigenvalue weighted by Crippen LogP contribution is 2.34. The van der Waals surface area contributed by atoms with Gasteiger partial charge in [0, 0.05) is 6.42 Å². The minimum absolute atomic E-state index is 0.246. The van der Waals surface area contributed by atoms with E-state index in [1.807, 2.05) is 6.07 Å². The van der Waals surface area contributed by atoms with Crippen LogP contribution in [0, 0.1) is 5.82 Å². The molecule has 0 aliphatic carbocycles. The summed E-state index contributed by atoms with van der Waals surface area (Å²) in [4.78, 5) is 11.0. The second-order valence-corrected chi connectivity index (χ2v) is 4.75. The first kappa shape index (κ1) is 12.6. The molecule has 0 aromatic heterocycles. The van der Waals surface area contributed by atoms with Crippen molar-refractivity contribution in [1.82, 2.24) is 0 Å². The van der Waals surface area contributed by atoms with E-state index in [0.29, 0.717) is 5.69 Å². The zero-order chi connectivity index (χ0) is 14.3. The van der Waals surface area contributed by atoms with Crippen LogP contribution in [-0.2, 0) is 11.2 Å². The summed E-state index contributed by atoms with van der Waals surface area (Å²) in [7, 11) is 0. The number of rotatable bonds is 2. The van der Waals surface area contributed by atoms with E-state index in [2.05, 4.69) is 0 Å². The fourth-order valence-corrected chi connectivity index (χ4v) is 2.45. The fourth-order valence-electron chi connectivity index (χ4n) is 2.45. The van der Waals surface area contributed by atoms with Crippen LogP contribution in [0.4, 0.5) is 10.1 Å². The second kappa shape index (κ2) is 4.61. The number of nitrogens with zero attached hydrogens (tertiary/aromatic N) is 1. The number of fused-ring (bicyclic) bond motifs is 1. The zero-order valence-electron chi connectivity index (χ0n) is 10.5. The molecule has 4 nitrogen and oxygen atoms in total. The van der Waals surface area contributed by atoms with Crippen LogP contribution in [0.25, 0.3) is 11.1 Å². The fraction of sp³-hybridized carbons (Fsp3) is 0.133. The minimum Gasteiger partial charge on any atom is -0.480 e. The van der Waals surface area contributed by atoms with Crippen molar-refractivity contribution in [2.45, 2.75) is 12.5 Å². The van der Waals surface area contributed by atoms with E-state index in [1.54, 1.807) is 24.3 Å². The van der Waals surface area contributed by atoms with Gasteiger partial charge in [-0.1, -0.05) is 18.2 Å². The standard InChI is InChI=1S/C15H12FNO3/c16-12-4-1-9(2-5-12)10-3-6-13-11(7-10)8-14(15(18)19)17(13)20/h1-7,14,20H,8H2,(H,18,19). The topological polar surface area (TPSA) is 60.8 Å². The number of anilines is 1. The molecule has 1 aliphatic heterocycles. The van der Waals surface area contributed by atoms with E-state index < -0.39 is 12.0 Å². The van der Waals surface area contributed by atoms with Crippen molar-refractivity contribution in [2.24, 2.45) is 0 Å². The van der Waals surface area contributed by atoms with Crippen molar-refractivity contribution < 1.29 is 19.5 Å². The molecule has 0 saturated carbocycles. The molecule has 2 aromatic rings. The van der Waals surface area contributed by atoms with Gasteiger partial charge in [0.25, 0.3) is 0 Å². The summed E-state index contributed by atoms with van der Waals surface area (Å²) in [5.74, 6) is -1.37. The predicted molar refractivity (Wildman–Crippen MR) is 71.2 cm³/mol. The van der Waals surface area contributed by atoms with Gasteiger partial charge in [-0.3, -0.25) is 5.21 Å². The summed E-state index contributed by atoms with van der Waals surface area (Å²) >= 11 is 0.